The quantitative estimate of drug-likeness (QED) is 0.917. The highest BCUT2D eigenvalue weighted by atomic mass is 16.2. The zero-order chi connectivity index (χ0) is 15.5. The van der Waals surface area contributed by atoms with E-state index in [-0.39, 0.29) is 17.9 Å². The first-order chi connectivity index (χ1) is 10.6. The highest BCUT2D eigenvalue weighted by molar-refractivity contribution is 5.94. The fraction of sp³-hybridized carbons (Fsp3) is 0.529. The van der Waals surface area contributed by atoms with Crippen molar-refractivity contribution in [3.05, 3.63) is 35.4 Å². The summed E-state index contributed by atoms with van der Waals surface area (Å²) in [7, 11) is 0. The summed E-state index contributed by atoms with van der Waals surface area (Å²) in [5.74, 6) is 0.253. The van der Waals surface area contributed by atoms with Crippen molar-refractivity contribution < 1.29 is 9.59 Å². The fourth-order valence-electron chi connectivity index (χ4n) is 3.27. The Balaban J connectivity index is 1.70. The second kappa shape index (κ2) is 6.48. The molecule has 2 aliphatic heterocycles. The molecule has 3 rings (SSSR count). The van der Waals surface area contributed by atoms with Gasteiger partial charge in [0.25, 0.3) is 5.91 Å². The van der Waals surface area contributed by atoms with Crippen LogP contribution >= 0.6 is 0 Å². The summed E-state index contributed by atoms with van der Waals surface area (Å²) < 4.78 is 0. The molecule has 2 fully saturated rings. The summed E-state index contributed by atoms with van der Waals surface area (Å²) in [6, 6.07) is 7.71. The molecule has 2 aliphatic rings. The highest BCUT2D eigenvalue weighted by Gasteiger charge is 2.23. The van der Waals surface area contributed by atoms with E-state index in [9.17, 15) is 9.59 Å². The minimum absolute atomic E-state index is 0.0461. The summed E-state index contributed by atoms with van der Waals surface area (Å²) in [5, 5.41) is 0. The van der Waals surface area contributed by atoms with Gasteiger partial charge in [0.1, 0.15) is 0 Å². The minimum Gasteiger partial charge on any atom is -0.338 e. The molecule has 1 unspecified atom stereocenters. The first-order valence-corrected chi connectivity index (χ1v) is 8.05. The van der Waals surface area contributed by atoms with Crippen LogP contribution in [0.15, 0.2) is 24.3 Å². The topological polar surface area (TPSA) is 66.6 Å². The average Bonchev–Trinajstić information content (AvgIpc) is 2.92. The molecule has 118 valence electrons. The Labute approximate surface area is 131 Å². The number of carbonyl (C=O) groups is 2. The van der Waals surface area contributed by atoms with Crippen molar-refractivity contribution in [2.75, 3.05) is 19.6 Å². The standard InChI is InChI=1S/C17H23N3O2/c18-15-6-2-9-20(12-15)17(22)14-5-1-4-13(10-14)11-19-8-3-7-16(19)21/h1,4-5,10,15H,2-3,6-9,11-12,18H2. The number of likely N-dealkylation sites (tertiary alicyclic amines) is 2. The number of carbonyl (C=O) groups excluding carboxylic acids is 2. The van der Waals surface area contributed by atoms with Crippen LogP contribution in [0.2, 0.25) is 0 Å². The van der Waals surface area contributed by atoms with Crippen molar-refractivity contribution >= 4 is 11.8 Å². The Morgan fingerprint density at radius 2 is 2.14 bits per heavy atom. The van der Waals surface area contributed by atoms with Gasteiger partial charge in [-0.3, -0.25) is 9.59 Å². The summed E-state index contributed by atoms with van der Waals surface area (Å²) in [4.78, 5) is 28.0. The lowest BCUT2D eigenvalue weighted by Crippen LogP contribution is -2.45. The van der Waals surface area contributed by atoms with Gasteiger partial charge in [-0.2, -0.15) is 0 Å². The van der Waals surface area contributed by atoms with E-state index >= 15 is 0 Å². The van der Waals surface area contributed by atoms with Gasteiger partial charge in [0.2, 0.25) is 5.91 Å². The van der Waals surface area contributed by atoms with Crippen LogP contribution in [0.4, 0.5) is 0 Å². The number of piperidine rings is 1. The molecule has 0 aliphatic carbocycles. The molecule has 0 spiro atoms. The van der Waals surface area contributed by atoms with E-state index in [0.717, 1.165) is 37.9 Å². The second-order valence-corrected chi connectivity index (χ2v) is 6.27. The SMILES string of the molecule is NC1CCCN(C(=O)c2cccc(CN3CCCC3=O)c2)C1. The van der Waals surface area contributed by atoms with Crippen molar-refractivity contribution in [3.63, 3.8) is 0 Å². The average molecular weight is 301 g/mol. The van der Waals surface area contributed by atoms with Crippen molar-refractivity contribution in [2.45, 2.75) is 38.3 Å². The molecule has 5 nitrogen and oxygen atoms in total. The van der Waals surface area contributed by atoms with Crippen LogP contribution in [0.5, 0.6) is 0 Å². The Hall–Kier alpha value is -1.88. The van der Waals surface area contributed by atoms with E-state index < -0.39 is 0 Å². The molecule has 22 heavy (non-hydrogen) atoms. The number of nitrogens with zero attached hydrogens (tertiary/aromatic N) is 2. The molecule has 1 aromatic rings. The maximum absolute atomic E-state index is 12.6. The predicted molar refractivity (Wildman–Crippen MR) is 84.2 cm³/mol. The van der Waals surface area contributed by atoms with Gasteiger partial charge in [0.05, 0.1) is 0 Å². The third-order valence-corrected chi connectivity index (χ3v) is 4.46. The molecule has 1 atom stereocenters. The molecular weight excluding hydrogens is 278 g/mol. The molecule has 2 N–H and O–H groups in total. The number of benzene rings is 1. The van der Waals surface area contributed by atoms with Gasteiger partial charge in [0, 0.05) is 44.2 Å². The Morgan fingerprint density at radius 3 is 2.86 bits per heavy atom. The van der Waals surface area contributed by atoms with Crippen molar-refractivity contribution in [3.8, 4) is 0 Å². The van der Waals surface area contributed by atoms with Crippen LogP contribution in [0, 0.1) is 0 Å². The van der Waals surface area contributed by atoms with E-state index in [0.29, 0.717) is 25.1 Å². The van der Waals surface area contributed by atoms with Gasteiger partial charge in [-0.15, -0.1) is 0 Å². The van der Waals surface area contributed by atoms with Gasteiger partial charge >= 0.3 is 0 Å². The highest BCUT2D eigenvalue weighted by Crippen LogP contribution is 2.17. The van der Waals surface area contributed by atoms with Gasteiger partial charge in [-0.1, -0.05) is 12.1 Å². The molecule has 0 saturated carbocycles. The predicted octanol–water partition coefficient (Wildman–Crippen LogP) is 1.37. The van der Waals surface area contributed by atoms with Crippen LogP contribution in [-0.4, -0.2) is 47.3 Å². The number of hydrogen-bond acceptors (Lipinski definition) is 3. The van der Waals surface area contributed by atoms with E-state index in [1.807, 2.05) is 34.1 Å². The molecular formula is C17H23N3O2. The van der Waals surface area contributed by atoms with Crippen LogP contribution in [0.25, 0.3) is 0 Å². The van der Waals surface area contributed by atoms with Crippen LogP contribution in [0.3, 0.4) is 0 Å². The molecule has 0 radical (unpaired) electrons. The van der Waals surface area contributed by atoms with E-state index in [1.54, 1.807) is 0 Å². The minimum atomic E-state index is 0.0461. The lowest BCUT2D eigenvalue weighted by atomic mass is 10.0. The van der Waals surface area contributed by atoms with Crippen molar-refractivity contribution in [2.24, 2.45) is 5.73 Å². The summed E-state index contributed by atoms with van der Waals surface area (Å²) >= 11 is 0. The van der Waals surface area contributed by atoms with E-state index in [1.165, 1.54) is 0 Å². The Bertz CT molecular complexity index is 573. The van der Waals surface area contributed by atoms with Gasteiger partial charge in [-0.25, -0.2) is 0 Å². The third-order valence-electron chi connectivity index (χ3n) is 4.46. The Morgan fingerprint density at radius 1 is 1.27 bits per heavy atom. The number of amides is 2. The van der Waals surface area contributed by atoms with E-state index in [4.69, 9.17) is 5.73 Å². The zero-order valence-electron chi connectivity index (χ0n) is 12.8. The zero-order valence-corrected chi connectivity index (χ0v) is 12.8. The van der Waals surface area contributed by atoms with Crippen LogP contribution < -0.4 is 5.73 Å². The smallest absolute Gasteiger partial charge is 0.253 e. The molecule has 2 saturated heterocycles. The van der Waals surface area contributed by atoms with Gasteiger partial charge in [0.15, 0.2) is 0 Å². The van der Waals surface area contributed by atoms with Crippen molar-refractivity contribution in [1.29, 1.82) is 0 Å². The second-order valence-electron chi connectivity index (χ2n) is 6.27. The molecule has 5 heteroatoms. The first-order valence-electron chi connectivity index (χ1n) is 8.05. The molecule has 1 aromatic carbocycles. The number of hydrogen-bond donors (Lipinski definition) is 1. The third kappa shape index (κ3) is 3.30. The Kier molecular flexibility index (Phi) is 4.43. The van der Waals surface area contributed by atoms with E-state index in [2.05, 4.69) is 0 Å². The van der Waals surface area contributed by atoms with Gasteiger partial charge in [-0.05, 0) is 37.0 Å². The lowest BCUT2D eigenvalue weighted by molar-refractivity contribution is -0.128. The number of nitrogens with two attached hydrogens (primary N) is 1. The van der Waals surface area contributed by atoms with Crippen LogP contribution in [-0.2, 0) is 11.3 Å². The normalized spacial score (nSPS) is 22.2. The monoisotopic (exact) mass is 301 g/mol. The summed E-state index contributed by atoms with van der Waals surface area (Å²) in [6.07, 6.45) is 3.53. The molecule has 2 amide bonds. The maximum Gasteiger partial charge on any atom is 0.253 e. The number of rotatable bonds is 3. The lowest BCUT2D eigenvalue weighted by Gasteiger charge is -2.31. The first kappa shape index (κ1) is 15.0. The summed E-state index contributed by atoms with van der Waals surface area (Å²) in [6.45, 7) is 2.83. The summed E-state index contributed by atoms with van der Waals surface area (Å²) in [5.41, 5.74) is 7.67. The van der Waals surface area contributed by atoms with Crippen molar-refractivity contribution in [1.82, 2.24) is 9.80 Å². The van der Waals surface area contributed by atoms with Crippen LogP contribution in [0.1, 0.15) is 41.6 Å². The molecule has 0 aromatic heterocycles. The maximum atomic E-state index is 12.6. The largest absolute Gasteiger partial charge is 0.338 e. The molecule has 0 bridgehead atoms. The fourth-order valence-corrected chi connectivity index (χ4v) is 3.27. The molecule has 2 heterocycles. The van der Waals surface area contributed by atoms with Gasteiger partial charge < -0.3 is 15.5 Å².